The number of carboxylic acids is 1. The second kappa shape index (κ2) is 4.99. The molecule has 0 aliphatic rings. The van der Waals surface area contributed by atoms with Gasteiger partial charge in [-0.05, 0) is 27.6 Å². The molecule has 0 atom stereocenters. The normalized spacial score (nSPS) is 10.2. The number of halogens is 3. The van der Waals surface area contributed by atoms with Crippen LogP contribution >= 0.6 is 15.9 Å². The van der Waals surface area contributed by atoms with Crippen molar-refractivity contribution in [1.82, 2.24) is 4.98 Å². The predicted octanol–water partition coefficient (Wildman–Crippen LogP) is 2.28. The number of hydrogen-bond donors (Lipinski definition) is 1. The molecule has 0 bridgehead atoms. The fraction of sp³-hybridized carbons (Fsp3) is 0.222. The zero-order valence-corrected chi connectivity index (χ0v) is 9.33. The predicted molar refractivity (Wildman–Crippen MR) is 52.9 cm³/mol. The van der Waals surface area contributed by atoms with Gasteiger partial charge in [0.25, 0.3) is 6.43 Å². The number of pyridine rings is 1. The third kappa shape index (κ3) is 2.73. The molecule has 16 heavy (non-hydrogen) atoms. The van der Waals surface area contributed by atoms with Crippen LogP contribution < -0.4 is 0 Å². The van der Waals surface area contributed by atoms with E-state index in [0.29, 0.717) is 0 Å². The summed E-state index contributed by atoms with van der Waals surface area (Å²) in [5.41, 5.74) is -0.568. The van der Waals surface area contributed by atoms with Gasteiger partial charge in [-0.15, -0.1) is 0 Å². The number of carbonyl (C=O) groups is 1. The maximum Gasteiger partial charge on any atom is 0.307 e. The molecule has 0 fully saturated rings. The van der Waals surface area contributed by atoms with Crippen molar-refractivity contribution in [3.05, 3.63) is 27.5 Å². The molecule has 0 unspecified atom stereocenters. The molecular formula is C9H5BrF2N2O2. The Balaban J connectivity index is 3.32. The van der Waals surface area contributed by atoms with Gasteiger partial charge in [0, 0.05) is 0 Å². The monoisotopic (exact) mass is 290 g/mol. The number of aromatic nitrogens is 1. The third-order valence-electron chi connectivity index (χ3n) is 1.75. The van der Waals surface area contributed by atoms with Crippen molar-refractivity contribution in [2.24, 2.45) is 0 Å². The van der Waals surface area contributed by atoms with E-state index in [2.05, 4.69) is 20.9 Å². The Morgan fingerprint density at radius 1 is 1.69 bits per heavy atom. The van der Waals surface area contributed by atoms with Crippen molar-refractivity contribution in [2.45, 2.75) is 12.8 Å². The van der Waals surface area contributed by atoms with Gasteiger partial charge < -0.3 is 5.11 Å². The Morgan fingerprint density at radius 2 is 2.31 bits per heavy atom. The van der Waals surface area contributed by atoms with Gasteiger partial charge >= 0.3 is 5.97 Å². The molecular weight excluding hydrogens is 286 g/mol. The van der Waals surface area contributed by atoms with E-state index in [1.807, 2.05) is 0 Å². The Kier molecular flexibility index (Phi) is 3.90. The van der Waals surface area contributed by atoms with Gasteiger partial charge in [-0.2, -0.15) is 5.26 Å². The summed E-state index contributed by atoms with van der Waals surface area (Å²) in [7, 11) is 0. The van der Waals surface area contributed by atoms with Crippen LogP contribution in [-0.2, 0) is 11.2 Å². The summed E-state index contributed by atoms with van der Waals surface area (Å²) < 4.78 is 24.7. The van der Waals surface area contributed by atoms with Gasteiger partial charge in [-0.1, -0.05) is 0 Å². The van der Waals surface area contributed by atoms with Crippen molar-refractivity contribution >= 4 is 21.9 Å². The zero-order chi connectivity index (χ0) is 12.3. The van der Waals surface area contributed by atoms with Crippen molar-refractivity contribution < 1.29 is 18.7 Å². The summed E-state index contributed by atoms with van der Waals surface area (Å²) in [5.74, 6) is -1.20. The second-order valence-corrected chi connectivity index (χ2v) is 3.61. The lowest BCUT2D eigenvalue weighted by molar-refractivity contribution is -0.136. The third-order valence-corrected chi connectivity index (χ3v) is 2.33. The van der Waals surface area contributed by atoms with E-state index in [0.717, 1.165) is 6.07 Å². The smallest absolute Gasteiger partial charge is 0.307 e. The summed E-state index contributed by atoms with van der Waals surface area (Å²) in [6.07, 6.45) is -3.31. The quantitative estimate of drug-likeness (QED) is 0.867. The van der Waals surface area contributed by atoms with E-state index >= 15 is 0 Å². The van der Waals surface area contributed by atoms with E-state index in [1.165, 1.54) is 0 Å². The van der Waals surface area contributed by atoms with Crippen LogP contribution in [0.2, 0.25) is 0 Å². The standard InChI is InChI=1S/C9H5BrF2N2O2/c10-8-5(3-13)4(2-7(15)16)1-6(14-8)9(11)12/h1,9H,2H2,(H,15,16). The first kappa shape index (κ1) is 12.5. The lowest BCUT2D eigenvalue weighted by Gasteiger charge is -2.06. The van der Waals surface area contributed by atoms with Gasteiger partial charge in [-0.3, -0.25) is 4.79 Å². The highest BCUT2D eigenvalue weighted by Crippen LogP contribution is 2.25. The molecule has 0 saturated carbocycles. The maximum atomic E-state index is 12.4. The van der Waals surface area contributed by atoms with Crippen molar-refractivity contribution in [3.8, 4) is 6.07 Å². The SMILES string of the molecule is N#Cc1c(CC(=O)O)cc(C(F)F)nc1Br. The molecule has 1 N–H and O–H groups in total. The van der Waals surface area contributed by atoms with Crippen LogP contribution in [0.3, 0.4) is 0 Å². The largest absolute Gasteiger partial charge is 0.481 e. The summed E-state index contributed by atoms with van der Waals surface area (Å²) in [5, 5.41) is 17.3. The lowest BCUT2D eigenvalue weighted by atomic mass is 10.1. The second-order valence-electron chi connectivity index (χ2n) is 2.86. The molecule has 0 radical (unpaired) electrons. The summed E-state index contributed by atoms with van der Waals surface area (Å²) in [6.45, 7) is 0. The molecule has 7 heteroatoms. The van der Waals surface area contributed by atoms with Crippen molar-refractivity contribution in [1.29, 1.82) is 5.26 Å². The van der Waals surface area contributed by atoms with Crippen LogP contribution in [0.15, 0.2) is 10.7 Å². The molecule has 84 valence electrons. The van der Waals surface area contributed by atoms with Crippen LogP contribution in [0.4, 0.5) is 8.78 Å². The first-order valence-corrected chi connectivity index (χ1v) is 4.84. The van der Waals surface area contributed by atoms with Crippen molar-refractivity contribution in [3.63, 3.8) is 0 Å². The molecule has 0 aromatic carbocycles. The fourth-order valence-electron chi connectivity index (χ4n) is 1.12. The molecule has 0 aliphatic carbocycles. The first-order chi connectivity index (χ1) is 7.45. The number of nitriles is 1. The molecule has 1 aromatic heterocycles. The highest BCUT2D eigenvalue weighted by Gasteiger charge is 2.17. The van der Waals surface area contributed by atoms with Gasteiger partial charge in [0.2, 0.25) is 0 Å². The average Bonchev–Trinajstić information content (AvgIpc) is 2.16. The van der Waals surface area contributed by atoms with Gasteiger partial charge in [0.15, 0.2) is 0 Å². The first-order valence-electron chi connectivity index (χ1n) is 4.05. The average molecular weight is 291 g/mol. The highest BCUT2D eigenvalue weighted by molar-refractivity contribution is 9.10. The Labute approximate surface area is 97.7 Å². The topological polar surface area (TPSA) is 74.0 Å². The number of aliphatic carboxylic acids is 1. The van der Waals surface area contributed by atoms with E-state index < -0.39 is 24.5 Å². The Hall–Kier alpha value is -1.55. The molecule has 1 aromatic rings. The minimum atomic E-state index is -2.81. The van der Waals surface area contributed by atoms with E-state index in [1.54, 1.807) is 6.07 Å². The van der Waals surface area contributed by atoms with E-state index in [-0.39, 0.29) is 15.7 Å². The van der Waals surface area contributed by atoms with Crippen LogP contribution in [-0.4, -0.2) is 16.1 Å². The lowest BCUT2D eigenvalue weighted by Crippen LogP contribution is -2.06. The summed E-state index contributed by atoms with van der Waals surface area (Å²) in [6, 6.07) is 2.65. The van der Waals surface area contributed by atoms with Gasteiger partial charge in [0.05, 0.1) is 12.0 Å². The van der Waals surface area contributed by atoms with Crippen molar-refractivity contribution in [2.75, 3.05) is 0 Å². The number of carboxylic acid groups (broad SMARTS) is 1. The van der Waals surface area contributed by atoms with E-state index in [9.17, 15) is 13.6 Å². The number of alkyl halides is 2. The molecule has 4 nitrogen and oxygen atoms in total. The molecule has 1 heterocycles. The molecule has 1 rings (SSSR count). The number of rotatable bonds is 3. The molecule has 0 saturated heterocycles. The molecule has 0 amide bonds. The van der Waals surface area contributed by atoms with Crippen LogP contribution in [0.25, 0.3) is 0 Å². The zero-order valence-electron chi connectivity index (χ0n) is 7.75. The minimum Gasteiger partial charge on any atom is -0.481 e. The summed E-state index contributed by atoms with van der Waals surface area (Å²) in [4.78, 5) is 14.0. The molecule has 0 spiro atoms. The van der Waals surface area contributed by atoms with Crippen LogP contribution in [0.1, 0.15) is 23.2 Å². The minimum absolute atomic E-state index is 0.0205. The summed E-state index contributed by atoms with van der Waals surface area (Å²) >= 11 is 2.86. The van der Waals surface area contributed by atoms with Crippen LogP contribution in [0.5, 0.6) is 0 Å². The fourth-order valence-corrected chi connectivity index (χ4v) is 1.66. The highest BCUT2D eigenvalue weighted by atomic mass is 79.9. The van der Waals surface area contributed by atoms with Gasteiger partial charge in [0.1, 0.15) is 16.4 Å². The maximum absolute atomic E-state index is 12.4. The molecule has 0 aliphatic heterocycles. The number of hydrogen-bond acceptors (Lipinski definition) is 3. The Morgan fingerprint density at radius 3 is 2.75 bits per heavy atom. The van der Waals surface area contributed by atoms with Crippen LogP contribution in [0, 0.1) is 11.3 Å². The van der Waals surface area contributed by atoms with E-state index in [4.69, 9.17) is 10.4 Å². The van der Waals surface area contributed by atoms with Gasteiger partial charge in [-0.25, -0.2) is 13.8 Å². The number of nitrogens with zero attached hydrogens (tertiary/aromatic N) is 2. The Bertz CT molecular complexity index is 471.